The zero-order valence-corrected chi connectivity index (χ0v) is 16.3. The number of hydrogen-bond acceptors (Lipinski definition) is 3. The highest BCUT2D eigenvalue weighted by Crippen LogP contribution is 2.26. The van der Waals surface area contributed by atoms with E-state index < -0.39 is 0 Å². The Balaban J connectivity index is 1.88. The Morgan fingerprint density at radius 3 is 2.04 bits per heavy atom. The number of amides is 2. The molecule has 0 saturated carbocycles. The van der Waals surface area contributed by atoms with Gasteiger partial charge in [-0.3, -0.25) is 9.59 Å². The van der Waals surface area contributed by atoms with Crippen molar-refractivity contribution in [3.8, 4) is 0 Å². The number of benzene rings is 1. The van der Waals surface area contributed by atoms with Gasteiger partial charge in [0, 0.05) is 41.5 Å². The van der Waals surface area contributed by atoms with Crippen LogP contribution in [-0.4, -0.2) is 53.0 Å². The fourth-order valence-corrected chi connectivity index (χ4v) is 3.71. The molecule has 4 nitrogen and oxygen atoms in total. The van der Waals surface area contributed by atoms with Gasteiger partial charge in [-0.25, -0.2) is 0 Å². The third-order valence-corrected chi connectivity index (χ3v) is 5.35. The molecule has 0 bridgehead atoms. The highest BCUT2D eigenvalue weighted by atomic mass is 35.5. The number of thioether (sulfide) groups is 1. The maximum Gasteiger partial charge on any atom is 0.235 e. The lowest BCUT2D eigenvalue weighted by Gasteiger charge is -2.38. The highest BCUT2D eigenvalue weighted by molar-refractivity contribution is 8.00. The molecule has 1 fully saturated rings. The van der Waals surface area contributed by atoms with Crippen molar-refractivity contribution in [3.63, 3.8) is 0 Å². The molecule has 2 amide bonds. The highest BCUT2D eigenvalue weighted by Gasteiger charge is 2.31. The lowest BCUT2D eigenvalue weighted by Crippen LogP contribution is -2.54. The summed E-state index contributed by atoms with van der Waals surface area (Å²) in [5.41, 5.74) is -0.371. The molecule has 0 N–H and O–H groups in total. The van der Waals surface area contributed by atoms with E-state index >= 15 is 0 Å². The first-order valence-electron chi connectivity index (χ1n) is 8.19. The number of hydrogen-bond donors (Lipinski definition) is 0. The molecule has 1 aliphatic rings. The van der Waals surface area contributed by atoms with Crippen LogP contribution >= 0.6 is 23.4 Å². The van der Waals surface area contributed by atoms with Gasteiger partial charge in [0.05, 0.1) is 5.25 Å². The van der Waals surface area contributed by atoms with E-state index in [0.717, 1.165) is 4.90 Å². The van der Waals surface area contributed by atoms with Gasteiger partial charge in [-0.15, -0.1) is 11.8 Å². The predicted octanol–water partition coefficient (Wildman–Crippen LogP) is 3.54. The number of carbonyl (C=O) groups excluding carboxylic acids is 2. The molecule has 1 unspecified atom stereocenters. The first-order valence-corrected chi connectivity index (χ1v) is 9.44. The molecular weight excluding hydrogens is 344 g/mol. The molecule has 6 heteroatoms. The lowest BCUT2D eigenvalue weighted by molar-refractivity contribution is -0.144. The molecular formula is C18H25ClN2O2S. The van der Waals surface area contributed by atoms with Gasteiger partial charge in [-0.2, -0.15) is 0 Å². The van der Waals surface area contributed by atoms with Crippen molar-refractivity contribution in [2.45, 2.75) is 37.8 Å². The Kier molecular flexibility index (Phi) is 6.21. The summed E-state index contributed by atoms with van der Waals surface area (Å²) in [5.74, 6) is 0.274. The smallest absolute Gasteiger partial charge is 0.235 e. The maximum absolute atomic E-state index is 12.6. The van der Waals surface area contributed by atoms with Crippen LogP contribution in [0.3, 0.4) is 0 Å². The second kappa shape index (κ2) is 7.79. The predicted molar refractivity (Wildman–Crippen MR) is 99.4 cm³/mol. The lowest BCUT2D eigenvalue weighted by atomic mass is 9.94. The Labute approximate surface area is 153 Å². The van der Waals surface area contributed by atoms with Crippen molar-refractivity contribution in [1.82, 2.24) is 9.80 Å². The van der Waals surface area contributed by atoms with E-state index in [4.69, 9.17) is 11.6 Å². The third-order valence-electron chi connectivity index (χ3n) is 3.99. The van der Waals surface area contributed by atoms with Crippen LogP contribution in [0.25, 0.3) is 0 Å². The number of carbonyl (C=O) groups is 2. The summed E-state index contributed by atoms with van der Waals surface area (Å²) in [6, 6.07) is 7.52. The number of nitrogens with zero attached hydrogens (tertiary/aromatic N) is 2. The van der Waals surface area contributed by atoms with Gasteiger partial charge in [0.1, 0.15) is 0 Å². The monoisotopic (exact) mass is 368 g/mol. The van der Waals surface area contributed by atoms with Gasteiger partial charge >= 0.3 is 0 Å². The normalized spacial score (nSPS) is 16.9. The van der Waals surface area contributed by atoms with E-state index in [1.54, 1.807) is 0 Å². The molecule has 1 aliphatic heterocycles. The standard InChI is InChI=1S/C18H25ClN2O2S/c1-13(24-15-7-5-14(19)6-8-15)16(22)20-9-11-21(12-10-20)17(23)18(2,3)4/h5-8,13H,9-12H2,1-4H3. The summed E-state index contributed by atoms with van der Waals surface area (Å²) in [5, 5.41) is 0.536. The minimum atomic E-state index is -0.371. The largest absolute Gasteiger partial charge is 0.339 e. The Hall–Kier alpha value is -1.20. The second-order valence-corrected chi connectivity index (χ2v) is 8.93. The van der Waals surface area contributed by atoms with Gasteiger partial charge < -0.3 is 9.80 Å². The summed E-state index contributed by atoms with van der Waals surface area (Å²) in [7, 11) is 0. The first kappa shape index (κ1) is 19.1. The SMILES string of the molecule is CC(Sc1ccc(Cl)cc1)C(=O)N1CCN(C(=O)C(C)(C)C)CC1. The topological polar surface area (TPSA) is 40.6 Å². The van der Waals surface area contributed by atoms with Crippen molar-refractivity contribution in [3.05, 3.63) is 29.3 Å². The van der Waals surface area contributed by atoms with Crippen LogP contribution in [-0.2, 0) is 9.59 Å². The van der Waals surface area contributed by atoms with Crippen LogP contribution < -0.4 is 0 Å². The zero-order valence-electron chi connectivity index (χ0n) is 14.7. The Morgan fingerprint density at radius 2 is 1.54 bits per heavy atom. The summed E-state index contributed by atoms with van der Waals surface area (Å²) >= 11 is 7.42. The van der Waals surface area contributed by atoms with Gasteiger partial charge in [0.25, 0.3) is 0 Å². The van der Waals surface area contributed by atoms with E-state index in [9.17, 15) is 9.59 Å². The molecule has 1 heterocycles. The van der Waals surface area contributed by atoms with Crippen molar-refractivity contribution in [2.24, 2.45) is 5.41 Å². The Morgan fingerprint density at radius 1 is 1.04 bits per heavy atom. The molecule has 132 valence electrons. The van der Waals surface area contributed by atoms with Gasteiger partial charge in [0.2, 0.25) is 11.8 Å². The Bertz CT molecular complexity index is 590. The van der Waals surface area contributed by atoms with E-state index in [0.29, 0.717) is 31.2 Å². The van der Waals surface area contributed by atoms with Crippen LogP contribution in [0.15, 0.2) is 29.2 Å². The molecule has 1 aromatic carbocycles. The van der Waals surface area contributed by atoms with Gasteiger partial charge in [-0.1, -0.05) is 32.4 Å². The molecule has 0 radical (unpaired) electrons. The molecule has 1 atom stereocenters. The van der Waals surface area contributed by atoms with E-state index in [2.05, 4.69) is 0 Å². The van der Waals surface area contributed by atoms with E-state index in [1.165, 1.54) is 11.8 Å². The third kappa shape index (κ3) is 4.90. The molecule has 0 aliphatic carbocycles. The maximum atomic E-state index is 12.6. The molecule has 1 saturated heterocycles. The summed E-state index contributed by atoms with van der Waals surface area (Å²) in [6.07, 6.45) is 0. The van der Waals surface area contributed by atoms with Crippen molar-refractivity contribution < 1.29 is 9.59 Å². The van der Waals surface area contributed by atoms with Gasteiger partial charge in [0.15, 0.2) is 0 Å². The molecule has 24 heavy (non-hydrogen) atoms. The fourth-order valence-electron chi connectivity index (χ4n) is 2.63. The van der Waals surface area contributed by atoms with Crippen molar-refractivity contribution in [1.29, 1.82) is 0 Å². The van der Waals surface area contributed by atoms with Crippen LogP contribution in [0.4, 0.5) is 0 Å². The summed E-state index contributed by atoms with van der Waals surface area (Å²) < 4.78 is 0. The van der Waals surface area contributed by atoms with E-state index in [1.807, 2.05) is 61.8 Å². The quantitative estimate of drug-likeness (QED) is 0.766. The molecule has 0 spiro atoms. The van der Waals surface area contributed by atoms with Crippen LogP contribution in [0.5, 0.6) is 0 Å². The average Bonchev–Trinajstić information content (AvgIpc) is 2.55. The molecule has 2 rings (SSSR count). The van der Waals surface area contributed by atoms with Gasteiger partial charge in [-0.05, 0) is 31.2 Å². The van der Waals surface area contributed by atoms with Crippen molar-refractivity contribution in [2.75, 3.05) is 26.2 Å². The number of rotatable bonds is 3. The zero-order chi connectivity index (χ0) is 17.9. The number of piperazine rings is 1. The van der Waals surface area contributed by atoms with Crippen molar-refractivity contribution >= 4 is 35.2 Å². The first-order chi connectivity index (χ1) is 11.2. The van der Waals surface area contributed by atoms with E-state index in [-0.39, 0.29) is 22.5 Å². The van der Waals surface area contributed by atoms with Crippen LogP contribution in [0, 0.1) is 5.41 Å². The molecule has 0 aromatic heterocycles. The molecule has 1 aromatic rings. The average molecular weight is 369 g/mol. The summed E-state index contributed by atoms with van der Waals surface area (Å²) in [4.78, 5) is 29.7. The number of halogens is 1. The van der Waals surface area contributed by atoms with Crippen LogP contribution in [0.2, 0.25) is 5.02 Å². The van der Waals surface area contributed by atoms with Crippen LogP contribution in [0.1, 0.15) is 27.7 Å². The minimum absolute atomic E-state index is 0.123. The summed E-state index contributed by atoms with van der Waals surface area (Å²) in [6.45, 7) is 10.1. The minimum Gasteiger partial charge on any atom is -0.339 e. The second-order valence-electron chi connectivity index (χ2n) is 7.08. The fraction of sp³-hybridized carbons (Fsp3) is 0.556.